The highest BCUT2D eigenvalue weighted by atomic mass is 16.5. The molecule has 148 valence electrons. The van der Waals surface area contributed by atoms with Crippen molar-refractivity contribution in [2.45, 2.75) is 33.1 Å². The first-order chi connectivity index (χ1) is 13.5. The van der Waals surface area contributed by atoms with Crippen molar-refractivity contribution >= 4 is 11.8 Å². The summed E-state index contributed by atoms with van der Waals surface area (Å²) >= 11 is 0. The molecule has 1 heterocycles. The number of benzene rings is 2. The number of nitrogens with one attached hydrogen (secondary N) is 1. The number of para-hydroxylation sites is 2. The third kappa shape index (κ3) is 4.71. The Labute approximate surface area is 166 Å². The van der Waals surface area contributed by atoms with Crippen LogP contribution >= 0.6 is 0 Å². The summed E-state index contributed by atoms with van der Waals surface area (Å²) in [5.41, 5.74) is 1.62. The molecule has 1 saturated heterocycles. The van der Waals surface area contributed by atoms with Gasteiger partial charge in [0.1, 0.15) is 11.5 Å². The standard InChI is InChI=1S/C23H28N2O3/c1-16(2)19-8-4-6-10-21(19)28-22-11-7-5-9-20(22)23(27)24-14-18-12-13-25(15-18)17(3)26/h4-11,16,18H,12-15H2,1-3H3,(H,24,27). The Kier molecular flexibility index (Phi) is 6.34. The van der Waals surface area contributed by atoms with E-state index in [0.717, 1.165) is 24.3 Å². The highest BCUT2D eigenvalue weighted by Gasteiger charge is 2.25. The van der Waals surface area contributed by atoms with Gasteiger partial charge in [-0.1, -0.05) is 44.2 Å². The zero-order chi connectivity index (χ0) is 20.1. The van der Waals surface area contributed by atoms with Gasteiger partial charge in [-0.2, -0.15) is 0 Å². The average Bonchev–Trinajstić information content (AvgIpc) is 3.16. The van der Waals surface area contributed by atoms with Gasteiger partial charge >= 0.3 is 0 Å². The molecule has 0 aromatic heterocycles. The van der Waals surface area contributed by atoms with Crippen molar-refractivity contribution < 1.29 is 14.3 Å². The van der Waals surface area contributed by atoms with Crippen LogP contribution in [0.5, 0.6) is 11.5 Å². The lowest BCUT2D eigenvalue weighted by atomic mass is 10.0. The zero-order valence-electron chi connectivity index (χ0n) is 16.8. The third-order valence-electron chi connectivity index (χ3n) is 5.18. The van der Waals surface area contributed by atoms with Crippen LogP contribution < -0.4 is 10.1 Å². The van der Waals surface area contributed by atoms with Crippen molar-refractivity contribution in [1.82, 2.24) is 10.2 Å². The molecule has 0 saturated carbocycles. The summed E-state index contributed by atoms with van der Waals surface area (Å²) in [6.45, 7) is 7.85. The predicted molar refractivity (Wildman–Crippen MR) is 110 cm³/mol. The molecule has 1 atom stereocenters. The number of carbonyl (C=O) groups is 2. The third-order valence-corrected chi connectivity index (χ3v) is 5.18. The summed E-state index contributed by atoms with van der Waals surface area (Å²) in [6.07, 6.45) is 0.916. The Morgan fingerprint density at radius 2 is 1.79 bits per heavy atom. The lowest BCUT2D eigenvalue weighted by Gasteiger charge is -2.17. The van der Waals surface area contributed by atoms with Gasteiger partial charge in [-0.25, -0.2) is 0 Å². The van der Waals surface area contributed by atoms with Gasteiger partial charge in [0.15, 0.2) is 0 Å². The van der Waals surface area contributed by atoms with Gasteiger partial charge in [0.05, 0.1) is 5.56 Å². The Morgan fingerprint density at radius 3 is 2.46 bits per heavy atom. The quantitative estimate of drug-likeness (QED) is 0.817. The maximum atomic E-state index is 12.8. The second-order valence-corrected chi connectivity index (χ2v) is 7.62. The molecule has 1 unspecified atom stereocenters. The maximum absolute atomic E-state index is 12.8. The molecule has 1 fully saturated rings. The SMILES string of the molecule is CC(=O)N1CCC(CNC(=O)c2ccccc2Oc2ccccc2C(C)C)C1. The number of nitrogens with zero attached hydrogens (tertiary/aromatic N) is 1. The lowest BCUT2D eigenvalue weighted by molar-refractivity contribution is -0.127. The molecule has 2 aromatic carbocycles. The fourth-order valence-electron chi connectivity index (χ4n) is 3.53. The first kappa shape index (κ1) is 19.9. The van der Waals surface area contributed by atoms with Crippen LogP contribution in [0.4, 0.5) is 0 Å². The van der Waals surface area contributed by atoms with Gasteiger partial charge < -0.3 is 15.0 Å². The van der Waals surface area contributed by atoms with E-state index in [2.05, 4.69) is 19.2 Å². The van der Waals surface area contributed by atoms with Crippen LogP contribution in [0.3, 0.4) is 0 Å². The zero-order valence-corrected chi connectivity index (χ0v) is 16.8. The summed E-state index contributed by atoms with van der Waals surface area (Å²) in [4.78, 5) is 26.1. The minimum atomic E-state index is -0.154. The molecule has 0 spiro atoms. The molecule has 0 aliphatic carbocycles. The van der Waals surface area contributed by atoms with Crippen molar-refractivity contribution in [3.63, 3.8) is 0 Å². The smallest absolute Gasteiger partial charge is 0.255 e. The summed E-state index contributed by atoms with van der Waals surface area (Å²) in [5.74, 6) is 1.87. The van der Waals surface area contributed by atoms with E-state index in [1.54, 1.807) is 13.0 Å². The number of likely N-dealkylation sites (tertiary alicyclic amines) is 1. The van der Waals surface area contributed by atoms with Gasteiger partial charge in [0.2, 0.25) is 5.91 Å². The molecule has 1 aliphatic rings. The molecule has 1 N–H and O–H groups in total. The molecule has 28 heavy (non-hydrogen) atoms. The number of ether oxygens (including phenoxy) is 1. The molecule has 2 amide bonds. The van der Waals surface area contributed by atoms with Crippen LogP contribution in [0.25, 0.3) is 0 Å². The number of rotatable bonds is 6. The van der Waals surface area contributed by atoms with Crippen LogP contribution in [0.1, 0.15) is 49.0 Å². The van der Waals surface area contributed by atoms with E-state index in [1.165, 1.54) is 0 Å². The first-order valence-electron chi connectivity index (χ1n) is 9.85. The first-order valence-corrected chi connectivity index (χ1v) is 9.85. The van der Waals surface area contributed by atoms with Gasteiger partial charge in [0.25, 0.3) is 5.91 Å². The van der Waals surface area contributed by atoms with E-state index >= 15 is 0 Å². The minimum Gasteiger partial charge on any atom is -0.456 e. The van der Waals surface area contributed by atoms with Gasteiger partial charge in [-0.15, -0.1) is 0 Å². The topological polar surface area (TPSA) is 58.6 Å². The molecular formula is C23H28N2O3. The molecule has 5 nitrogen and oxygen atoms in total. The van der Waals surface area contributed by atoms with Crippen LogP contribution in [0.2, 0.25) is 0 Å². The average molecular weight is 380 g/mol. The summed E-state index contributed by atoms with van der Waals surface area (Å²) in [7, 11) is 0. The van der Waals surface area contributed by atoms with Gasteiger partial charge in [-0.05, 0) is 42.0 Å². The second-order valence-electron chi connectivity index (χ2n) is 7.62. The van der Waals surface area contributed by atoms with E-state index in [9.17, 15) is 9.59 Å². The fourth-order valence-corrected chi connectivity index (χ4v) is 3.53. The number of carbonyl (C=O) groups excluding carboxylic acids is 2. The van der Waals surface area contributed by atoms with Crippen molar-refractivity contribution in [3.05, 3.63) is 59.7 Å². The van der Waals surface area contributed by atoms with E-state index in [-0.39, 0.29) is 11.8 Å². The summed E-state index contributed by atoms with van der Waals surface area (Å²) in [6, 6.07) is 15.2. The van der Waals surface area contributed by atoms with Crippen LogP contribution in [0, 0.1) is 5.92 Å². The molecule has 0 bridgehead atoms. The van der Waals surface area contributed by atoms with Crippen LogP contribution in [-0.2, 0) is 4.79 Å². The normalized spacial score (nSPS) is 16.3. The predicted octanol–water partition coefficient (Wildman–Crippen LogP) is 4.20. The van der Waals surface area contributed by atoms with E-state index in [1.807, 2.05) is 47.4 Å². The van der Waals surface area contributed by atoms with Crippen molar-refractivity contribution in [1.29, 1.82) is 0 Å². The maximum Gasteiger partial charge on any atom is 0.255 e. The summed E-state index contributed by atoms with van der Waals surface area (Å²) < 4.78 is 6.13. The highest BCUT2D eigenvalue weighted by molar-refractivity contribution is 5.97. The van der Waals surface area contributed by atoms with Crippen LogP contribution in [-0.4, -0.2) is 36.3 Å². The lowest BCUT2D eigenvalue weighted by Crippen LogP contribution is -2.32. The monoisotopic (exact) mass is 380 g/mol. The van der Waals surface area contributed by atoms with Crippen molar-refractivity contribution in [2.24, 2.45) is 5.92 Å². The fraction of sp³-hybridized carbons (Fsp3) is 0.391. The number of hydrogen-bond donors (Lipinski definition) is 1. The number of amides is 2. The molecule has 2 aromatic rings. The van der Waals surface area contributed by atoms with Crippen molar-refractivity contribution in [3.8, 4) is 11.5 Å². The molecule has 1 aliphatic heterocycles. The van der Waals surface area contributed by atoms with Gasteiger partial charge in [-0.3, -0.25) is 9.59 Å². The molecule has 3 rings (SSSR count). The minimum absolute atomic E-state index is 0.0939. The van der Waals surface area contributed by atoms with Crippen LogP contribution in [0.15, 0.2) is 48.5 Å². The van der Waals surface area contributed by atoms with Gasteiger partial charge in [0, 0.05) is 26.6 Å². The Morgan fingerprint density at radius 1 is 1.11 bits per heavy atom. The van der Waals surface area contributed by atoms with E-state index in [4.69, 9.17) is 4.74 Å². The molecule has 0 radical (unpaired) electrons. The largest absolute Gasteiger partial charge is 0.456 e. The Balaban J connectivity index is 1.69. The summed E-state index contributed by atoms with van der Waals surface area (Å²) in [5, 5.41) is 3.01. The van der Waals surface area contributed by atoms with E-state index < -0.39 is 0 Å². The highest BCUT2D eigenvalue weighted by Crippen LogP contribution is 2.32. The van der Waals surface area contributed by atoms with Crippen molar-refractivity contribution in [2.75, 3.05) is 19.6 Å². The second kappa shape index (κ2) is 8.91. The Hall–Kier alpha value is -2.82. The Bertz CT molecular complexity index is 847. The molecular weight excluding hydrogens is 352 g/mol. The van der Waals surface area contributed by atoms with E-state index in [0.29, 0.717) is 36.2 Å². The number of hydrogen-bond acceptors (Lipinski definition) is 3. The molecule has 5 heteroatoms.